The van der Waals surface area contributed by atoms with Gasteiger partial charge in [-0.1, -0.05) is 48.4 Å². The van der Waals surface area contributed by atoms with Crippen LogP contribution in [0.1, 0.15) is 18.1 Å². The number of ether oxygens (including phenoxy) is 1. The minimum atomic E-state index is -0.365. The molecular weight excluding hydrogens is 370 g/mol. The third-order valence-electron chi connectivity index (χ3n) is 4.05. The third-order valence-corrected chi connectivity index (χ3v) is 5.24. The fraction of sp³-hybridized carbons (Fsp3) is 0.200. The van der Waals surface area contributed by atoms with Gasteiger partial charge in [-0.25, -0.2) is 4.90 Å². The fourth-order valence-electron chi connectivity index (χ4n) is 2.82. The van der Waals surface area contributed by atoms with E-state index in [2.05, 4.69) is 0 Å². The molecule has 134 valence electrons. The molecule has 6 heteroatoms. The summed E-state index contributed by atoms with van der Waals surface area (Å²) in [7, 11) is 1.49. The van der Waals surface area contributed by atoms with E-state index < -0.39 is 0 Å². The van der Waals surface area contributed by atoms with E-state index in [0.717, 1.165) is 16.0 Å². The van der Waals surface area contributed by atoms with Crippen LogP contribution in [0.25, 0.3) is 5.57 Å². The first kappa shape index (κ1) is 18.5. The minimum Gasteiger partial charge on any atom is -0.495 e. The van der Waals surface area contributed by atoms with Gasteiger partial charge in [0, 0.05) is 5.02 Å². The first-order valence-electron chi connectivity index (χ1n) is 8.14. The zero-order valence-electron chi connectivity index (χ0n) is 14.7. The number of hydrogen-bond donors (Lipinski definition) is 0. The Balaban J connectivity index is 2.13. The SMILES string of the molecule is CCSC1=C(c2ccc(C)cc2)C(=O)N(c2cc(Cl)ccc2OC)C1=O. The highest BCUT2D eigenvalue weighted by atomic mass is 35.5. The number of benzene rings is 2. The minimum absolute atomic E-state index is 0.349. The van der Waals surface area contributed by atoms with Crippen LogP contribution in [0.4, 0.5) is 5.69 Å². The molecule has 0 aromatic heterocycles. The monoisotopic (exact) mass is 387 g/mol. The predicted molar refractivity (Wildman–Crippen MR) is 107 cm³/mol. The van der Waals surface area contributed by atoms with Gasteiger partial charge in [0.25, 0.3) is 11.8 Å². The Bertz CT molecular complexity index is 906. The molecule has 0 unspecified atom stereocenters. The van der Waals surface area contributed by atoms with Crippen LogP contribution in [-0.2, 0) is 9.59 Å². The highest BCUT2D eigenvalue weighted by Crippen LogP contribution is 2.41. The summed E-state index contributed by atoms with van der Waals surface area (Å²) in [6, 6.07) is 12.5. The Morgan fingerprint density at radius 1 is 1.08 bits per heavy atom. The van der Waals surface area contributed by atoms with E-state index in [1.54, 1.807) is 18.2 Å². The molecule has 0 bridgehead atoms. The van der Waals surface area contributed by atoms with Crippen molar-refractivity contribution in [2.75, 3.05) is 17.8 Å². The molecule has 2 amide bonds. The molecule has 0 fully saturated rings. The van der Waals surface area contributed by atoms with Crippen LogP contribution in [0.5, 0.6) is 5.75 Å². The lowest BCUT2D eigenvalue weighted by atomic mass is 10.0. The molecule has 0 spiro atoms. The highest BCUT2D eigenvalue weighted by molar-refractivity contribution is 8.04. The lowest BCUT2D eigenvalue weighted by Gasteiger charge is -2.18. The number of rotatable bonds is 5. The first-order chi connectivity index (χ1) is 12.5. The molecule has 26 heavy (non-hydrogen) atoms. The van der Waals surface area contributed by atoms with Crippen molar-refractivity contribution in [3.8, 4) is 5.75 Å². The Hall–Kier alpha value is -2.24. The van der Waals surface area contributed by atoms with Crippen molar-refractivity contribution >= 4 is 46.4 Å². The standard InChI is InChI=1S/C20H18ClNO3S/c1-4-26-18-17(13-7-5-12(2)6-8-13)19(23)22(20(18)24)15-11-14(21)9-10-16(15)25-3/h5-11H,4H2,1-3H3. The molecule has 0 N–H and O–H groups in total. The van der Waals surface area contributed by atoms with E-state index in [4.69, 9.17) is 16.3 Å². The van der Waals surface area contributed by atoms with Crippen molar-refractivity contribution in [2.45, 2.75) is 13.8 Å². The largest absolute Gasteiger partial charge is 0.495 e. The number of imide groups is 1. The number of carbonyl (C=O) groups excluding carboxylic acids is 2. The molecular formula is C20H18ClNO3S. The topological polar surface area (TPSA) is 46.6 Å². The summed E-state index contributed by atoms with van der Waals surface area (Å²) in [6.07, 6.45) is 0. The number of carbonyl (C=O) groups is 2. The molecule has 0 aliphatic carbocycles. The predicted octanol–water partition coefficient (Wildman–Crippen LogP) is 4.69. The van der Waals surface area contributed by atoms with Gasteiger partial charge in [0.15, 0.2) is 0 Å². The maximum absolute atomic E-state index is 13.2. The number of anilines is 1. The van der Waals surface area contributed by atoms with Gasteiger partial charge < -0.3 is 4.74 Å². The molecule has 0 radical (unpaired) electrons. The van der Waals surface area contributed by atoms with E-state index in [-0.39, 0.29) is 11.8 Å². The van der Waals surface area contributed by atoms with Gasteiger partial charge in [-0.05, 0) is 36.4 Å². The normalized spacial score (nSPS) is 14.4. The van der Waals surface area contributed by atoms with Crippen LogP contribution in [0.2, 0.25) is 5.02 Å². The van der Waals surface area contributed by atoms with Crippen LogP contribution in [-0.4, -0.2) is 24.7 Å². The molecule has 2 aromatic carbocycles. The van der Waals surface area contributed by atoms with E-state index in [1.807, 2.05) is 38.1 Å². The Labute approximate surface area is 161 Å². The van der Waals surface area contributed by atoms with Gasteiger partial charge in [0.05, 0.1) is 23.3 Å². The van der Waals surface area contributed by atoms with Crippen LogP contribution < -0.4 is 9.64 Å². The number of nitrogens with zero attached hydrogens (tertiary/aromatic N) is 1. The molecule has 1 aliphatic heterocycles. The molecule has 3 rings (SSSR count). The second-order valence-corrected chi connectivity index (χ2v) is 7.48. The fourth-order valence-corrected chi connectivity index (χ4v) is 3.84. The second-order valence-electron chi connectivity index (χ2n) is 5.77. The number of hydrogen-bond acceptors (Lipinski definition) is 4. The zero-order valence-corrected chi connectivity index (χ0v) is 16.3. The smallest absolute Gasteiger partial charge is 0.272 e. The summed E-state index contributed by atoms with van der Waals surface area (Å²) >= 11 is 7.46. The molecule has 1 aliphatic rings. The molecule has 1 heterocycles. The van der Waals surface area contributed by atoms with Crippen molar-refractivity contribution in [2.24, 2.45) is 0 Å². The number of aryl methyl sites for hydroxylation is 1. The summed E-state index contributed by atoms with van der Waals surface area (Å²) in [5.74, 6) is 0.389. The Kier molecular flexibility index (Phi) is 5.39. The van der Waals surface area contributed by atoms with Crippen molar-refractivity contribution in [3.05, 3.63) is 63.5 Å². The van der Waals surface area contributed by atoms with Crippen molar-refractivity contribution in [1.82, 2.24) is 0 Å². The molecule has 2 aromatic rings. The summed E-state index contributed by atoms with van der Waals surface area (Å²) in [6.45, 7) is 3.93. The zero-order chi connectivity index (χ0) is 18.8. The first-order valence-corrected chi connectivity index (χ1v) is 9.50. The molecule has 0 atom stereocenters. The van der Waals surface area contributed by atoms with Gasteiger partial charge in [0.2, 0.25) is 0 Å². The number of amides is 2. The maximum atomic E-state index is 13.2. The van der Waals surface area contributed by atoms with Gasteiger partial charge in [-0.3, -0.25) is 9.59 Å². The number of methoxy groups -OCH3 is 1. The highest BCUT2D eigenvalue weighted by Gasteiger charge is 2.41. The maximum Gasteiger partial charge on any atom is 0.272 e. The van der Waals surface area contributed by atoms with Gasteiger partial charge in [0.1, 0.15) is 5.75 Å². The van der Waals surface area contributed by atoms with Gasteiger partial charge in [-0.15, -0.1) is 11.8 Å². The van der Waals surface area contributed by atoms with Crippen LogP contribution in [0.15, 0.2) is 47.4 Å². The average molecular weight is 388 g/mol. The summed E-state index contributed by atoms with van der Waals surface area (Å²) in [5.41, 5.74) is 2.59. The van der Waals surface area contributed by atoms with Crippen LogP contribution >= 0.6 is 23.4 Å². The molecule has 0 saturated carbocycles. The van der Waals surface area contributed by atoms with Crippen molar-refractivity contribution < 1.29 is 14.3 Å². The van der Waals surface area contributed by atoms with Gasteiger partial charge >= 0.3 is 0 Å². The van der Waals surface area contributed by atoms with Crippen LogP contribution in [0.3, 0.4) is 0 Å². The van der Waals surface area contributed by atoms with Crippen molar-refractivity contribution in [1.29, 1.82) is 0 Å². The van der Waals surface area contributed by atoms with E-state index in [9.17, 15) is 9.59 Å². The van der Waals surface area contributed by atoms with Crippen molar-refractivity contribution in [3.63, 3.8) is 0 Å². The quantitative estimate of drug-likeness (QED) is 0.698. The molecule has 0 saturated heterocycles. The van der Waals surface area contributed by atoms with E-state index in [1.165, 1.54) is 18.9 Å². The lowest BCUT2D eigenvalue weighted by molar-refractivity contribution is -0.119. The summed E-state index contributed by atoms with van der Waals surface area (Å²) < 4.78 is 5.33. The van der Waals surface area contributed by atoms with E-state index in [0.29, 0.717) is 32.7 Å². The summed E-state index contributed by atoms with van der Waals surface area (Å²) in [4.78, 5) is 27.9. The van der Waals surface area contributed by atoms with Crippen LogP contribution in [0, 0.1) is 6.92 Å². The third kappa shape index (κ3) is 3.24. The summed E-state index contributed by atoms with van der Waals surface area (Å²) in [5, 5.41) is 0.426. The number of thioether (sulfide) groups is 1. The molecule has 4 nitrogen and oxygen atoms in total. The number of halogens is 1. The van der Waals surface area contributed by atoms with E-state index >= 15 is 0 Å². The lowest BCUT2D eigenvalue weighted by Crippen LogP contribution is -2.31. The average Bonchev–Trinajstić information content (AvgIpc) is 2.86. The second kappa shape index (κ2) is 7.56. The Morgan fingerprint density at radius 3 is 2.38 bits per heavy atom. The Morgan fingerprint density at radius 2 is 1.77 bits per heavy atom. The van der Waals surface area contributed by atoms with Gasteiger partial charge in [-0.2, -0.15) is 0 Å².